The second kappa shape index (κ2) is 4.00. The molecule has 0 aliphatic rings. The third-order valence-electron chi connectivity index (χ3n) is 1.97. The van der Waals surface area contributed by atoms with E-state index in [2.05, 4.69) is 15.4 Å². The van der Waals surface area contributed by atoms with E-state index in [9.17, 15) is 0 Å². The van der Waals surface area contributed by atoms with Crippen LogP contribution in [-0.2, 0) is 13.6 Å². The summed E-state index contributed by atoms with van der Waals surface area (Å²) in [6, 6.07) is 5.27. The molecule has 0 saturated carbocycles. The van der Waals surface area contributed by atoms with Gasteiger partial charge in [-0.1, -0.05) is 0 Å². The fourth-order valence-corrected chi connectivity index (χ4v) is 1.21. The van der Waals surface area contributed by atoms with E-state index in [-0.39, 0.29) is 5.75 Å². The summed E-state index contributed by atoms with van der Waals surface area (Å²) in [7, 11) is 1.87. The Labute approximate surface area is 87.4 Å². The van der Waals surface area contributed by atoms with Crippen molar-refractivity contribution in [2.24, 2.45) is 7.05 Å². The van der Waals surface area contributed by atoms with Gasteiger partial charge in [0.2, 0.25) is 0 Å². The molecule has 0 saturated heterocycles. The molecule has 5 heteroatoms. The Bertz CT molecular complexity index is 435. The highest BCUT2D eigenvalue weighted by molar-refractivity contribution is 5.33. The number of aromatic nitrogens is 3. The molecule has 0 fully saturated rings. The van der Waals surface area contributed by atoms with Crippen LogP contribution in [0.4, 0.5) is 5.82 Å². The second-order valence-corrected chi connectivity index (χ2v) is 3.24. The molecular formula is C10H12N4O. The molecule has 2 N–H and O–H groups in total. The van der Waals surface area contributed by atoms with E-state index in [4.69, 9.17) is 5.11 Å². The van der Waals surface area contributed by atoms with E-state index in [0.717, 1.165) is 11.5 Å². The van der Waals surface area contributed by atoms with E-state index >= 15 is 0 Å². The molecule has 2 aromatic heterocycles. The molecule has 0 aliphatic carbocycles. The topological polar surface area (TPSA) is 63.0 Å². The average molecular weight is 204 g/mol. The molecule has 2 aromatic rings. The number of pyridine rings is 1. The van der Waals surface area contributed by atoms with Crippen LogP contribution in [0.15, 0.2) is 30.6 Å². The number of hydrogen-bond acceptors (Lipinski definition) is 4. The molecule has 2 rings (SSSR count). The van der Waals surface area contributed by atoms with Crippen LogP contribution >= 0.6 is 0 Å². The molecule has 0 atom stereocenters. The Morgan fingerprint density at radius 1 is 1.40 bits per heavy atom. The minimum absolute atomic E-state index is 0.177. The number of hydrogen-bond donors (Lipinski definition) is 2. The smallest absolute Gasteiger partial charge is 0.148 e. The van der Waals surface area contributed by atoms with Crippen LogP contribution in [-0.4, -0.2) is 19.9 Å². The van der Waals surface area contributed by atoms with Crippen LogP contribution in [0.3, 0.4) is 0 Å². The minimum atomic E-state index is 0.177. The van der Waals surface area contributed by atoms with Crippen molar-refractivity contribution in [1.82, 2.24) is 14.8 Å². The lowest BCUT2D eigenvalue weighted by atomic mass is 10.3. The van der Waals surface area contributed by atoms with Crippen molar-refractivity contribution in [2.75, 3.05) is 5.32 Å². The first kappa shape index (κ1) is 9.51. The minimum Gasteiger partial charge on any atom is -0.506 e. The lowest BCUT2D eigenvalue weighted by Gasteiger charge is -2.01. The van der Waals surface area contributed by atoms with Crippen molar-refractivity contribution in [1.29, 1.82) is 0 Å². The Morgan fingerprint density at radius 3 is 2.87 bits per heavy atom. The number of nitrogens with zero attached hydrogens (tertiary/aromatic N) is 3. The van der Waals surface area contributed by atoms with Crippen LogP contribution in [0.2, 0.25) is 0 Å². The van der Waals surface area contributed by atoms with Gasteiger partial charge in [-0.3, -0.25) is 9.67 Å². The quantitative estimate of drug-likeness (QED) is 0.786. The normalized spacial score (nSPS) is 10.2. The molecule has 0 radical (unpaired) electrons. The van der Waals surface area contributed by atoms with E-state index in [1.807, 2.05) is 19.3 Å². The highest BCUT2D eigenvalue weighted by Gasteiger charge is 1.97. The molecular weight excluding hydrogens is 192 g/mol. The summed E-state index contributed by atoms with van der Waals surface area (Å²) in [5.74, 6) is 0.990. The van der Waals surface area contributed by atoms with Gasteiger partial charge >= 0.3 is 0 Å². The molecule has 0 bridgehead atoms. The zero-order valence-electron chi connectivity index (χ0n) is 8.38. The predicted molar refractivity (Wildman–Crippen MR) is 56.4 cm³/mol. The molecule has 0 aliphatic heterocycles. The Kier molecular flexibility index (Phi) is 2.53. The fourth-order valence-electron chi connectivity index (χ4n) is 1.21. The summed E-state index contributed by atoms with van der Waals surface area (Å²) in [4.78, 5) is 4.05. The molecule has 0 spiro atoms. The van der Waals surface area contributed by atoms with Crippen molar-refractivity contribution in [3.05, 3.63) is 36.3 Å². The number of aromatic hydroxyl groups is 1. The van der Waals surface area contributed by atoms with Gasteiger partial charge in [0.25, 0.3) is 0 Å². The first-order chi connectivity index (χ1) is 7.24. The van der Waals surface area contributed by atoms with Gasteiger partial charge in [-0.2, -0.15) is 5.10 Å². The summed E-state index contributed by atoms with van der Waals surface area (Å²) in [5, 5.41) is 16.3. The van der Waals surface area contributed by atoms with Crippen molar-refractivity contribution >= 4 is 5.82 Å². The van der Waals surface area contributed by atoms with Crippen molar-refractivity contribution in [3.63, 3.8) is 0 Å². The largest absolute Gasteiger partial charge is 0.506 e. The highest BCUT2D eigenvalue weighted by Crippen LogP contribution is 2.08. The second-order valence-electron chi connectivity index (χ2n) is 3.24. The Balaban J connectivity index is 1.96. The third-order valence-corrected chi connectivity index (χ3v) is 1.97. The number of rotatable bonds is 3. The van der Waals surface area contributed by atoms with Crippen molar-refractivity contribution in [2.45, 2.75) is 6.54 Å². The van der Waals surface area contributed by atoms with Gasteiger partial charge in [0, 0.05) is 19.3 Å². The van der Waals surface area contributed by atoms with Crippen molar-refractivity contribution < 1.29 is 5.11 Å². The predicted octanol–water partition coefficient (Wildman–Crippen LogP) is 1.13. The third kappa shape index (κ3) is 2.46. The van der Waals surface area contributed by atoms with Gasteiger partial charge in [0.1, 0.15) is 11.6 Å². The highest BCUT2D eigenvalue weighted by atomic mass is 16.3. The average Bonchev–Trinajstić information content (AvgIpc) is 2.64. The first-order valence-electron chi connectivity index (χ1n) is 4.61. The lowest BCUT2D eigenvalue weighted by Crippen LogP contribution is -2.02. The van der Waals surface area contributed by atoms with Crippen LogP contribution in [0, 0.1) is 0 Å². The van der Waals surface area contributed by atoms with Crippen LogP contribution in [0.5, 0.6) is 5.75 Å². The van der Waals surface area contributed by atoms with Gasteiger partial charge in [-0.15, -0.1) is 0 Å². The first-order valence-corrected chi connectivity index (χ1v) is 4.61. The maximum absolute atomic E-state index is 9.05. The number of nitrogens with one attached hydrogen (secondary N) is 1. The van der Waals surface area contributed by atoms with E-state index in [0.29, 0.717) is 6.54 Å². The maximum atomic E-state index is 9.05. The summed E-state index contributed by atoms with van der Waals surface area (Å²) in [6.07, 6.45) is 3.29. The van der Waals surface area contributed by atoms with Crippen LogP contribution in [0.1, 0.15) is 5.69 Å². The summed E-state index contributed by atoms with van der Waals surface area (Å²) in [6.45, 7) is 0.595. The van der Waals surface area contributed by atoms with Gasteiger partial charge < -0.3 is 10.4 Å². The van der Waals surface area contributed by atoms with E-state index in [1.165, 1.54) is 6.20 Å². The molecule has 0 aromatic carbocycles. The van der Waals surface area contributed by atoms with Crippen LogP contribution < -0.4 is 5.32 Å². The summed E-state index contributed by atoms with van der Waals surface area (Å²) < 4.78 is 1.73. The monoisotopic (exact) mass is 204 g/mol. The maximum Gasteiger partial charge on any atom is 0.148 e. The van der Waals surface area contributed by atoms with Crippen LogP contribution in [0.25, 0.3) is 0 Å². The van der Waals surface area contributed by atoms with Gasteiger partial charge in [0.05, 0.1) is 18.4 Å². The number of anilines is 1. The Hall–Kier alpha value is -2.04. The Morgan fingerprint density at radius 2 is 2.27 bits per heavy atom. The van der Waals surface area contributed by atoms with Gasteiger partial charge in [-0.25, -0.2) is 0 Å². The standard InChI is InChI=1S/C10H12N4O/c1-14-5-4-10(13-14)12-6-8-2-3-9(15)7-11-8/h2-5,7,15H,6H2,1H3,(H,12,13). The van der Waals surface area contributed by atoms with E-state index < -0.39 is 0 Å². The lowest BCUT2D eigenvalue weighted by molar-refractivity contribution is 0.472. The van der Waals surface area contributed by atoms with E-state index in [1.54, 1.807) is 16.8 Å². The van der Waals surface area contributed by atoms with Gasteiger partial charge in [0.15, 0.2) is 0 Å². The molecule has 78 valence electrons. The zero-order chi connectivity index (χ0) is 10.7. The zero-order valence-corrected chi connectivity index (χ0v) is 8.38. The molecule has 0 unspecified atom stereocenters. The molecule has 2 heterocycles. The van der Waals surface area contributed by atoms with Gasteiger partial charge in [-0.05, 0) is 12.1 Å². The SMILES string of the molecule is Cn1ccc(NCc2ccc(O)cn2)n1. The fraction of sp³-hybridized carbons (Fsp3) is 0.200. The molecule has 0 amide bonds. The molecule has 5 nitrogen and oxygen atoms in total. The summed E-state index contributed by atoms with van der Waals surface area (Å²) >= 11 is 0. The van der Waals surface area contributed by atoms with Crippen molar-refractivity contribution in [3.8, 4) is 5.75 Å². The summed E-state index contributed by atoms with van der Waals surface area (Å²) in [5.41, 5.74) is 0.860. The molecule has 15 heavy (non-hydrogen) atoms. The number of aryl methyl sites for hydroxylation is 1.